The van der Waals surface area contributed by atoms with Crippen LogP contribution in [-0.4, -0.2) is 21.0 Å². The quantitative estimate of drug-likeness (QED) is 0.430. The number of hydrogen-bond acceptors (Lipinski definition) is 5. The number of thiophene rings is 1. The smallest absolute Gasteiger partial charge is 0.319 e. The number of carbonyl (C=O) groups excluding carboxylic acids is 1. The Hall–Kier alpha value is -2.23. The molecule has 0 radical (unpaired) electrons. The molecule has 6 nitrogen and oxygen atoms in total. The van der Waals surface area contributed by atoms with Crippen LogP contribution in [0.3, 0.4) is 0 Å². The highest BCUT2D eigenvalue weighted by molar-refractivity contribution is 9.11. The van der Waals surface area contributed by atoms with Crippen molar-refractivity contribution in [3.63, 3.8) is 0 Å². The van der Waals surface area contributed by atoms with Crippen molar-refractivity contribution >= 4 is 61.4 Å². The van der Waals surface area contributed by atoms with E-state index >= 15 is 0 Å². The maximum atomic E-state index is 12.1. The Balaban J connectivity index is 1.46. The second kappa shape index (κ2) is 6.95. The van der Waals surface area contributed by atoms with Crippen LogP contribution >= 0.6 is 38.6 Å². The van der Waals surface area contributed by atoms with Crippen molar-refractivity contribution in [1.29, 1.82) is 0 Å². The van der Waals surface area contributed by atoms with E-state index in [1.165, 1.54) is 11.3 Å². The van der Waals surface area contributed by atoms with Gasteiger partial charge in [0, 0.05) is 17.6 Å². The van der Waals surface area contributed by atoms with Gasteiger partial charge in [-0.2, -0.15) is 0 Å². The first kappa shape index (κ1) is 16.2. The van der Waals surface area contributed by atoms with Gasteiger partial charge in [0.05, 0.1) is 20.3 Å². The first-order valence-electron chi connectivity index (χ1n) is 7.34. The molecule has 0 spiro atoms. The van der Waals surface area contributed by atoms with E-state index in [1.807, 2.05) is 35.0 Å². The molecule has 2 amide bonds. The number of aromatic nitrogens is 3. The Morgan fingerprint density at radius 1 is 1.32 bits per heavy atom. The third-order valence-electron chi connectivity index (χ3n) is 3.55. The van der Waals surface area contributed by atoms with Gasteiger partial charge in [0.15, 0.2) is 5.82 Å². The van der Waals surface area contributed by atoms with Crippen molar-refractivity contribution in [3.8, 4) is 11.5 Å². The summed E-state index contributed by atoms with van der Waals surface area (Å²) in [6.45, 7) is 0.468. The molecule has 0 saturated carbocycles. The van der Waals surface area contributed by atoms with Crippen molar-refractivity contribution in [2.45, 2.75) is 6.54 Å². The molecular weight excluding hydrogens is 422 g/mol. The molecule has 0 aliphatic heterocycles. The maximum Gasteiger partial charge on any atom is 0.319 e. The number of nitrogens with zero attached hydrogens (tertiary/aromatic N) is 2. The fraction of sp³-hybridized carbons (Fsp3) is 0.0625. The molecule has 25 heavy (non-hydrogen) atoms. The lowest BCUT2D eigenvalue weighted by molar-refractivity contribution is 0.251. The Labute approximate surface area is 159 Å². The number of urea groups is 1. The molecule has 3 N–H and O–H groups in total. The van der Waals surface area contributed by atoms with E-state index in [4.69, 9.17) is 0 Å². The number of carbonyl (C=O) groups is 1. The van der Waals surface area contributed by atoms with Crippen LogP contribution in [0, 0.1) is 0 Å². The van der Waals surface area contributed by atoms with Gasteiger partial charge >= 0.3 is 6.03 Å². The second-order valence-corrected chi connectivity index (χ2v) is 8.17. The average Bonchev–Trinajstić information content (AvgIpc) is 3.33. The predicted octanol–water partition coefficient (Wildman–Crippen LogP) is 4.83. The Kier molecular flexibility index (Phi) is 4.51. The molecule has 0 aliphatic rings. The van der Waals surface area contributed by atoms with Gasteiger partial charge in [0.25, 0.3) is 0 Å². The summed E-state index contributed by atoms with van der Waals surface area (Å²) in [6, 6.07) is 7.28. The summed E-state index contributed by atoms with van der Waals surface area (Å²) in [4.78, 5) is 24.1. The molecule has 0 unspecified atom stereocenters. The minimum Gasteiger partial charge on any atom is -0.337 e. The minimum atomic E-state index is -0.253. The van der Waals surface area contributed by atoms with Crippen LogP contribution in [0.1, 0.15) is 5.56 Å². The highest BCUT2D eigenvalue weighted by atomic mass is 79.9. The summed E-state index contributed by atoms with van der Waals surface area (Å²) < 4.78 is 1.03. The monoisotopic (exact) mass is 433 g/mol. The number of H-pyrrole nitrogens is 1. The lowest BCUT2D eigenvalue weighted by Crippen LogP contribution is -2.28. The van der Waals surface area contributed by atoms with Gasteiger partial charge in [-0.05, 0) is 51.1 Å². The topological polar surface area (TPSA) is 82.7 Å². The molecule has 4 aromatic rings. The van der Waals surface area contributed by atoms with E-state index in [1.54, 1.807) is 16.8 Å². The van der Waals surface area contributed by atoms with Crippen LogP contribution in [-0.2, 0) is 6.54 Å². The van der Waals surface area contributed by atoms with Gasteiger partial charge < -0.3 is 15.6 Å². The number of thiazole rings is 1. The van der Waals surface area contributed by atoms with Gasteiger partial charge in [-0.1, -0.05) is 0 Å². The Morgan fingerprint density at radius 2 is 2.24 bits per heavy atom. The number of amides is 2. The molecule has 0 atom stereocenters. The molecule has 0 aliphatic carbocycles. The summed E-state index contributed by atoms with van der Waals surface area (Å²) >= 11 is 6.57. The summed E-state index contributed by atoms with van der Waals surface area (Å²) in [5.41, 5.74) is 6.01. The molecule has 126 valence electrons. The van der Waals surface area contributed by atoms with E-state index < -0.39 is 0 Å². The zero-order valence-corrected chi connectivity index (χ0v) is 16.0. The predicted molar refractivity (Wildman–Crippen MR) is 105 cm³/mol. The van der Waals surface area contributed by atoms with E-state index in [2.05, 4.69) is 41.5 Å². The number of halogens is 1. The zero-order valence-electron chi connectivity index (χ0n) is 12.7. The first-order chi connectivity index (χ1) is 12.2. The van der Waals surface area contributed by atoms with Crippen molar-refractivity contribution in [3.05, 3.63) is 49.9 Å². The van der Waals surface area contributed by atoms with E-state index in [-0.39, 0.29) is 6.03 Å². The fourth-order valence-corrected chi connectivity index (χ4v) is 4.11. The summed E-state index contributed by atoms with van der Waals surface area (Å²) in [5.74, 6) is 0.722. The summed E-state index contributed by atoms with van der Waals surface area (Å²) in [7, 11) is 0. The number of fused-ring (bicyclic) bond motifs is 1. The zero-order chi connectivity index (χ0) is 17.2. The molecule has 0 saturated heterocycles. The number of imidazole rings is 1. The fourth-order valence-electron chi connectivity index (χ4n) is 2.33. The van der Waals surface area contributed by atoms with E-state index in [0.29, 0.717) is 12.2 Å². The number of aromatic amines is 1. The highest BCUT2D eigenvalue weighted by Crippen LogP contribution is 2.24. The van der Waals surface area contributed by atoms with Crippen molar-refractivity contribution in [2.75, 3.05) is 5.32 Å². The van der Waals surface area contributed by atoms with Gasteiger partial charge in [0.2, 0.25) is 0 Å². The van der Waals surface area contributed by atoms with Crippen LogP contribution in [0.15, 0.2) is 44.3 Å². The van der Waals surface area contributed by atoms with Gasteiger partial charge in [0.1, 0.15) is 5.69 Å². The third kappa shape index (κ3) is 3.58. The molecule has 9 heteroatoms. The molecule has 4 rings (SSSR count). The van der Waals surface area contributed by atoms with Crippen LogP contribution in [0.4, 0.5) is 10.5 Å². The summed E-state index contributed by atoms with van der Waals surface area (Å²) in [5, 5.41) is 9.59. The van der Waals surface area contributed by atoms with Crippen LogP contribution in [0.2, 0.25) is 0 Å². The number of rotatable bonds is 4. The highest BCUT2D eigenvalue weighted by Gasteiger charge is 2.09. The van der Waals surface area contributed by atoms with Crippen LogP contribution in [0.25, 0.3) is 22.6 Å². The number of benzene rings is 1. The first-order valence-corrected chi connectivity index (χ1v) is 9.95. The molecule has 3 heterocycles. The molecule has 3 aromatic heterocycles. The van der Waals surface area contributed by atoms with Gasteiger partial charge in [-0.25, -0.2) is 14.8 Å². The number of hydrogen-bond donors (Lipinski definition) is 3. The maximum absolute atomic E-state index is 12.1. The SMILES string of the molecule is O=C(NCc1ccsc1Br)Nc1ccc2nc(-c3cscn3)[nH]c2c1. The third-order valence-corrected chi connectivity index (χ3v) is 5.95. The van der Waals surface area contributed by atoms with Crippen molar-refractivity contribution < 1.29 is 4.79 Å². The van der Waals surface area contributed by atoms with Gasteiger partial charge in [-0.3, -0.25) is 0 Å². The standard InChI is InChI=1S/C16H12BrN5OS2/c17-14-9(3-4-25-14)6-18-16(23)20-10-1-2-11-12(5-10)22-15(21-11)13-7-24-8-19-13/h1-5,7-8H,6H2,(H,21,22)(H2,18,20,23). The summed E-state index contributed by atoms with van der Waals surface area (Å²) in [6.07, 6.45) is 0. The van der Waals surface area contributed by atoms with Crippen molar-refractivity contribution in [1.82, 2.24) is 20.3 Å². The normalized spacial score (nSPS) is 10.9. The van der Waals surface area contributed by atoms with E-state index in [0.717, 1.165) is 31.9 Å². The van der Waals surface area contributed by atoms with E-state index in [9.17, 15) is 4.79 Å². The number of anilines is 1. The van der Waals surface area contributed by atoms with Crippen LogP contribution < -0.4 is 10.6 Å². The van der Waals surface area contributed by atoms with Crippen LogP contribution in [0.5, 0.6) is 0 Å². The molecule has 0 bridgehead atoms. The lowest BCUT2D eigenvalue weighted by atomic mass is 10.3. The Bertz CT molecular complexity index is 1020. The molecule has 0 fully saturated rings. The largest absolute Gasteiger partial charge is 0.337 e. The minimum absolute atomic E-state index is 0.253. The molecule has 1 aromatic carbocycles. The Morgan fingerprint density at radius 3 is 3.00 bits per heavy atom. The van der Waals surface area contributed by atoms with Crippen molar-refractivity contribution in [2.24, 2.45) is 0 Å². The molecular formula is C16H12BrN5OS2. The second-order valence-electron chi connectivity index (χ2n) is 5.22. The number of nitrogens with one attached hydrogen (secondary N) is 3. The lowest BCUT2D eigenvalue weighted by Gasteiger charge is -2.07. The van der Waals surface area contributed by atoms with Gasteiger partial charge in [-0.15, -0.1) is 22.7 Å². The average molecular weight is 434 g/mol.